The molecule has 5 heteroatoms. The fourth-order valence-electron chi connectivity index (χ4n) is 2.43. The van der Waals surface area contributed by atoms with Crippen LogP contribution in [-0.2, 0) is 4.79 Å². The molecule has 1 heterocycles. The number of benzene rings is 2. The number of phenolic OH excluding ortho intramolecular Hbond substituents is 2. The molecular formula is C16H12INO3. The van der Waals surface area contributed by atoms with Crippen molar-refractivity contribution in [1.82, 2.24) is 0 Å². The smallest absolute Gasteiger partial charge is 0.147 e. The Morgan fingerprint density at radius 2 is 1.71 bits per heavy atom. The van der Waals surface area contributed by atoms with Gasteiger partial charge in [-0.25, -0.2) is 0 Å². The number of fused-ring (bicyclic) bond motifs is 1. The van der Waals surface area contributed by atoms with Gasteiger partial charge in [-0.1, -0.05) is 6.07 Å². The van der Waals surface area contributed by atoms with Crippen molar-refractivity contribution in [3.8, 4) is 11.5 Å². The van der Waals surface area contributed by atoms with Gasteiger partial charge in [0.05, 0.1) is 0 Å². The van der Waals surface area contributed by atoms with Gasteiger partial charge < -0.3 is 19.9 Å². The maximum atomic E-state index is 11.6. The molecule has 1 aliphatic rings. The summed E-state index contributed by atoms with van der Waals surface area (Å²) in [5, 5.41) is 19.0. The molecule has 21 heavy (non-hydrogen) atoms. The number of phenols is 2. The molecule has 1 atom stereocenters. The summed E-state index contributed by atoms with van der Waals surface area (Å²) in [5.74, 6) is 0.362. The van der Waals surface area contributed by atoms with Gasteiger partial charge in [0.1, 0.15) is 23.8 Å². The first-order valence-electron chi connectivity index (χ1n) is 6.33. The molecule has 0 saturated heterocycles. The lowest BCUT2D eigenvalue weighted by Gasteiger charge is -2.33. The molecule has 0 bridgehead atoms. The van der Waals surface area contributed by atoms with E-state index in [4.69, 9.17) is 0 Å². The topological polar surface area (TPSA) is 60.8 Å². The van der Waals surface area contributed by atoms with Crippen LogP contribution in [0, 0.1) is 0 Å². The number of carbonyl (C=O) groups is 1. The van der Waals surface area contributed by atoms with Crippen LogP contribution in [0.3, 0.4) is 0 Å². The Labute approximate surface area is 135 Å². The van der Waals surface area contributed by atoms with Crippen LogP contribution >= 0.6 is 22.6 Å². The minimum atomic E-state index is -0.455. The highest BCUT2D eigenvalue weighted by Gasteiger charge is 2.27. The van der Waals surface area contributed by atoms with Crippen LogP contribution in [-0.4, -0.2) is 16.5 Å². The van der Waals surface area contributed by atoms with Gasteiger partial charge in [0.2, 0.25) is 0 Å². The van der Waals surface area contributed by atoms with E-state index >= 15 is 0 Å². The number of rotatable bonds is 2. The first-order chi connectivity index (χ1) is 10.1. The normalized spacial score (nSPS) is 17.1. The van der Waals surface area contributed by atoms with Crippen LogP contribution < -0.4 is 4.90 Å². The molecule has 0 spiro atoms. The van der Waals surface area contributed by atoms with Crippen LogP contribution in [0.1, 0.15) is 17.2 Å². The summed E-state index contributed by atoms with van der Waals surface area (Å²) in [6.45, 7) is 0. The molecule has 4 nitrogen and oxygen atoms in total. The minimum Gasteiger partial charge on any atom is -0.508 e. The van der Waals surface area contributed by atoms with E-state index in [9.17, 15) is 15.0 Å². The number of aldehydes is 1. The maximum Gasteiger partial charge on any atom is 0.147 e. The number of hydrogen-bond donors (Lipinski definition) is 2. The average molecular weight is 393 g/mol. The standard InChI is InChI=1S/C16H12INO3/c17-15-8-18(10-1-3-11(20)4-2-10)16(9-19)13-6-5-12(21)7-14(13)15/h1-9,16,20-21H. The second-order valence-corrected chi connectivity index (χ2v) is 5.92. The van der Waals surface area contributed by atoms with Crippen LogP contribution in [0.15, 0.2) is 48.7 Å². The Morgan fingerprint density at radius 1 is 1.05 bits per heavy atom. The summed E-state index contributed by atoms with van der Waals surface area (Å²) in [6.07, 6.45) is 2.75. The van der Waals surface area contributed by atoms with E-state index in [0.29, 0.717) is 0 Å². The Balaban J connectivity index is 2.12. The van der Waals surface area contributed by atoms with E-state index in [2.05, 4.69) is 22.6 Å². The average Bonchev–Trinajstić information content (AvgIpc) is 2.48. The number of aromatic hydroxyl groups is 2. The van der Waals surface area contributed by atoms with Gasteiger partial charge in [-0.05, 0) is 70.1 Å². The van der Waals surface area contributed by atoms with Crippen LogP contribution in [0.4, 0.5) is 5.69 Å². The first kappa shape index (κ1) is 13.9. The molecule has 0 aliphatic carbocycles. The monoisotopic (exact) mass is 393 g/mol. The van der Waals surface area contributed by atoms with Gasteiger partial charge in [-0.2, -0.15) is 0 Å². The van der Waals surface area contributed by atoms with E-state index in [-0.39, 0.29) is 11.5 Å². The second kappa shape index (κ2) is 5.40. The number of anilines is 1. The molecule has 3 rings (SSSR count). The maximum absolute atomic E-state index is 11.6. The zero-order chi connectivity index (χ0) is 15.0. The van der Waals surface area contributed by atoms with Crippen molar-refractivity contribution in [2.75, 3.05) is 4.90 Å². The minimum absolute atomic E-state index is 0.180. The van der Waals surface area contributed by atoms with Gasteiger partial charge in [0.15, 0.2) is 0 Å². The molecule has 1 unspecified atom stereocenters. The Bertz CT molecular complexity index is 725. The molecule has 0 radical (unpaired) electrons. The second-order valence-electron chi connectivity index (χ2n) is 4.75. The quantitative estimate of drug-likeness (QED) is 0.605. The van der Waals surface area contributed by atoms with E-state index in [1.807, 2.05) is 11.1 Å². The number of nitrogens with zero attached hydrogens (tertiary/aromatic N) is 1. The van der Waals surface area contributed by atoms with Gasteiger partial charge in [-0.3, -0.25) is 0 Å². The van der Waals surface area contributed by atoms with Crippen molar-refractivity contribution in [2.45, 2.75) is 6.04 Å². The number of carbonyl (C=O) groups excluding carboxylic acids is 1. The van der Waals surface area contributed by atoms with Gasteiger partial charge in [0.25, 0.3) is 0 Å². The van der Waals surface area contributed by atoms with Gasteiger partial charge in [-0.15, -0.1) is 0 Å². The molecule has 2 aromatic rings. The van der Waals surface area contributed by atoms with Crippen molar-refractivity contribution >= 4 is 38.1 Å². The first-order valence-corrected chi connectivity index (χ1v) is 7.41. The fraction of sp³-hybridized carbons (Fsp3) is 0.0625. The van der Waals surface area contributed by atoms with Crippen molar-refractivity contribution in [1.29, 1.82) is 0 Å². The molecule has 1 aliphatic heterocycles. The van der Waals surface area contributed by atoms with Gasteiger partial charge >= 0.3 is 0 Å². The van der Waals surface area contributed by atoms with Crippen LogP contribution in [0.5, 0.6) is 11.5 Å². The fourth-order valence-corrected chi connectivity index (χ4v) is 3.20. The molecule has 106 valence electrons. The highest BCUT2D eigenvalue weighted by molar-refractivity contribution is 14.1. The van der Waals surface area contributed by atoms with Gasteiger partial charge in [0, 0.05) is 15.5 Å². The summed E-state index contributed by atoms with van der Waals surface area (Å²) in [4.78, 5) is 13.4. The summed E-state index contributed by atoms with van der Waals surface area (Å²) in [6, 6.07) is 11.3. The van der Waals surface area contributed by atoms with Crippen LogP contribution in [0.2, 0.25) is 0 Å². The molecule has 0 amide bonds. The third kappa shape index (κ3) is 2.49. The lowest BCUT2D eigenvalue weighted by atomic mass is 9.96. The van der Waals surface area contributed by atoms with Crippen molar-refractivity contribution in [3.63, 3.8) is 0 Å². The number of hydrogen-bond acceptors (Lipinski definition) is 4. The lowest BCUT2D eigenvalue weighted by Crippen LogP contribution is -2.28. The van der Waals surface area contributed by atoms with Crippen LogP contribution in [0.25, 0.3) is 3.58 Å². The van der Waals surface area contributed by atoms with E-state index in [0.717, 1.165) is 26.7 Å². The van der Waals surface area contributed by atoms with E-state index < -0.39 is 6.04 Å². The third-order valence-corrected chi connectivity index (χ3v) is 4.30. The molecule has 2 N–H and O–H groups in total. The van der Waals surface area contributed by atoms with Crippen molar-refractivity contribution < 1.29 is 15.0 Å². The molecule has 2 aromatic carbocycles. The van der Waals surface area contributed by atoms with Crippen molar-refractivity contribution in [3.05, 3.63) is 59.8 Å². The molecule has 0 fully saturated rings. The summed E-state index contributed by atoms with van der Waals surface area (Å²) < 4.78 is 0.935. The molecular weight excluding hydrogens is 381 g/mol. The Hall–Kier alpha value is -2.02. The predicted molar refractivity (Wildman–Crippen MR) is 89.5 cm³/mol. The summed E-state index contributed by atoms with van der Waals surface area (Å²) in [7, 11) is 0. The largest absolute Gasteiger partial charge is 0.508 e. The summed E-state index contributed by atoms with van der Waals surface area (Å²) in [5.41, 5.74) is 2.53. The third-order valence-electron chi connectivity index (χ3n) is 3.44. The zero-order valence-electron chi connectivity index (χ0n) is 10.9. The Kier molecular flexibility index (Phi) is 3.59. The number of halogens is 1. The SMILES string of the molecule is O=CC1c2ccc(O)cc2C(I)=CN1c1ccc(O)cc1. The van der Waals surface area contributed by atoms with Crippen molar-refractivity contribution in [2.24, 2.45) is 0 Å². The van der Waals surface area contributed by atoms with E-state index in [1.165, 1.54) is 0 Å². The molecule has 0 saturated carbocycles. The zero-order valence-corrected chi connectivity index (χ0v) is 13.1. The summed E-state index contributed by atoms with van der Waals surface area (Å²) >= 11 is 2.18. The predicted octanol–water partition coefficient (Wildman–Crippen LogP) is 3.59. The molecule has 0 aromatic heterocycles. The highest BCUT2D eigenvalue weighted by Crippen LogP contribution is 2.41. The van der Waals surface area contributed by atoms with E-state index in [1.54, 1.807) is 42.5 Å². The highest BCUT2D eigenvalue weighted by atomic mass is 127. The Morgan fingerprint density at radius 3 is 2.38 bits per heavy atom. The lowest BCUT2D eigenvalue weighted by molar-refractivity contribution is -0.109.